The van der Waals surface area contributed by atoms with E-state index in [1.165, 1.54) is 12.8 Å². The molecule has 1 saturated heterocycles. The largest absolute Gasteiger partial charge is 0.364 e. The molecule has 0 bridgehead atoms. The molecule has 1 amide bonds. The molecule has 2 aliphatic rings. The van der Waals surface area contributed by atoms with Gasteiger partial charge in [-0.15, -0.1) is 0 Å². The Labute approximate surface area is 116 Å². The third kappa shape index (κ3) is 3.48. The number of likely N-dealkylation sites (N-methyl/N-ethyl adjacent to an activating group) is 1. The SMILES string of the molecule is CN(C(=O)C1CCC(CN)O1)C1CCC(C)(C)CC1. The topological polar surface area (TPSA) is 55.6 Å². The maximum absolute atomic E-state index is 12.4. The van der Waals surface area contributed by atoms with Crippen molar-refractivity contribution in [3.8, 4) is 0 Å². The van der Waals surface area contributed by atoms with Gasteiger partial charge in [-0.25, -0.2) is 0 Å². The molecule has 1 heterocycles. The zero-order valence-electron chi connectivity index (χ0n) is 12.5. The van der Waals surface area contributed by atoms with Crippen LogP contribution in [-0.4, -0.2) is 42.6 Å². The number of carbonyl (C=O) groups is 1. The van der Waals surface area contributed by atoms with Crippen molar-refractivity contribution in [3.63, 3.8) is 0 Å². The number of amides is 1. The lowest BCUT2D eigenvalue weighted by Crippen LogP contribution is -2.45. The van der Waals surface area contributed by atoms with Gasteiger partial charge in [0, 0.05) is 19.6 Å². The number of nitrogens with zero attached hydrogens (tertiary/aromatic N) is 1. The number of hydrogen-bond donors (Lipinski definition) is 1. The molecule has 2 atom stereocenters. The Morgan fingerprint density at radius 2 is 1.89 bits per heavy atom. The molecule has 1 saturated carbocycles. The first-order valence-electron chi connectivity index (χ1n) is 7.55. The molecule has 2 rings (SSSR count). The van der Waals surface area contributed by atoms with Gasteiger partial charge in [0.05, 0.1) is 6.10 Å². The van der Waals surface area contributed by atoms with Crippen LogP contribution in [0.5, 0.6) is 0 Å². The fourth-order valence-electron chi connectivity index (χ4n) is 3.24. The molecule has 2 N–H and O–H groups in total. The van der Waals surface area contributed by atoms with Gasteiger partial charge < -0.3 is 15.4 Å². The van der Waals surface area contributed by atoms with Crippen LogP contribution >= 0.6 is 0 Å². The highest BCUT2D eigenvalue weighted by molar-refractivity contribution is 5.81. The Hall–Kier alpha value is -0.610. The minimum absolute atomic E-state index is 0.0765. The van der Waals surface area contributed by atoms with Gasteiger partial charge >= 0.3 is 0 Å². The second-order valence-electron chi connectivity index (χ2n) is 6.90. The van der Waals surface area contributed by atoms with Gasteiger partial charge in [-0.3, -0.25) is 4.79 Å². The minimum Gasteiger partial charge on any atom is -0.364 e. The molecule has 4 heteroatoms. The first kappa shape index (κ1) is 14.8. The number of hydrogen-bond acceptors (Lipinski definition) is 3. The zero-order valence-corrected chi connectivity index (χ0v) is 12.5. The van der Waals surface area contributed by atoms with E-state index < -0.39 is 0 Å². The smallest absolute Gasteiger partial charge is 0.251 e. The van der Waals surface area contributed by atoms with Crippen molar-refractivity contribution in [2.45, 2.75) is 70.6 Å². The van der Waals surface area contributed by atoms with Crippen LogP contribution in [0.25, 0.3) is 0 Å². The number of carbonyl (C=O) groups excluding carboxylic acids is 1. The Balaban J connectivity index is 1.86. The molecule has 0 spiro atoms. The fourth-order valence-corrected chi connectivity index (χ4v) is 3.24. The molecule has 1 aliphatic heterocycles. The number of rotatable bonds is 3. The average Bonchev–Trinajstić information content (AvgIpc) is 2.86. The predicted molar refractivity (Wildman–Crippen MR) is 75.8 cm³/mol. The predicted octanol–water partition coefficient (Wildman–Crippen LogP) is 1.92. The van der Waals surface area contributed by atoms with Crippen molar-refractivity contribution in [1.82, 2.24) is 4.90 Å². The molecule has 110 valence electrons. The molecule has 4 nitrogen and oxygen atoms in total. The van der Waals surface area contributed by atoms with E-state index in [0.29, 0.717) is 18.0 Å². The van der Waals surface area contributed by atoms with Crippen LogP contribution in [-0.2, 0) is 9.53 Å². The monoisotopic (exact) mass is 268 g/mol. The summed E-state index contributed by atoms with van der Waals surface area (Å²) in [4.78, 5) is 14.4. The lowest BCUT2D eigenvalue weighted by atomic mass is 9.75. The summed E-state index contributed by atoms with van der Waals surface area (Å²) in [5.41, 5.74) is 6.03. The van der Waals surface area contributed by atoms with Crippen LogP contribution in [0.15, 0.2) is 0 Å². The number of ether oxygens (including phenoxy) is 1. The summed E-state index contributed by atoms with van der Waals surface area (Å²) >= 11 is 0. The van der Waals surface area contributed by atoms with E-state index in [1.807, 2.05) is 11.9 Å². The van der Waals surface area contributed by atoms with E-state index in [1.54, 1.807) is 0 Å². The van der Waals surface area contributed by atoms with E-state index in [-0.39, 0.29) is 18.1 Å². The van der Waals surface area contributed by atoms with E-state index in [2.05, 4.69) is 13.8 Å². The molecule has 1 aliphatic carbocycles. The van der Waals surface area contributed by atoms with Gasteiger partial charge in [-0.1, -0.05) is 13.8 Å². The molecular formula is C15H28N2O2. The molecule has 0 aromatic heterocycles. The Kier molecular flexibility index (Phi) is 4.51. The average molecular weight is 268 g/mol. The number of nitrogens with two attached hydrogens (primary N) is 1. The maximum atomic E-state index is 12.4. The molecular weight excluding hydrogens is 240 g/mol. The zero-order chi connectivity index (χ0) is 14.0. The van der Waals surface area contributed by atoms with Gasteiger partial charge in [-0.05, 0) is 43.9 Å². The molecule has 0 radical (unpaired) electrons. The summed E-state index contributed by atoms with van der Waals surface area (Å²) < 4.78 is 5.71. The van der Waals surface area contributed by atoms with Crippen molar-refractivity contribution >= 4 is 5.91 Å². The highest BCUT2D eigenvalue weighted by Gasteiger charge is 2.36. The summed E-state index contributed by atoms with van der Waals surface area (Å²) in [6.07, 6.45) is 6.19. The normalized spacial score (nSPS) is 31.4. The van der Waals surface area contributed by atoms with Gasteiger partial charge in [0.1, 0.15) is 6.10 Å². The van der Waals surface area contributed by atoms with Crippen LogP contribution < -0.4 is 5.73 Å². The van der Waals surface area contributed by atoms with Crippen molar-refractivity contribution in [3.05, 3.63) is 0 Å². The summed E-state index contributed by atoms with van der Waals surface area (Å²) in [7, 11) is 1.93. The third-order valence-corrected chi connectivity index (χ3v) is 4.85. The Morgan fingerprint density at radius 3 is 2.42 bits per heavy atom. The van der Waals surface area contributed by atoms with E-state index in [9.17, 15) is 4.79 Å². The lowest BCUT2D eigenvalue weighted by Gasteiger charge is -2.39. The van der Waals surface area contributed by atoms with Crippen LogP contribution in [0.1, 0.15) is 52.4 Å². The molecule has 0 aromatic carbocycles. The summed E-state index contributed by atoms with van der Waals surface area (Å²) in [6, 6.07) is 0.390. The Morgan fingerprint density at radius 1 is 1.26 bits per heavy atom. The van der Waals surface area contributed by atoms with E-state index in [4.69, 9.17) is 10.5 Å². The van der Waals surface area contributed by atoms with Crippen LogP contribution in [0.3, 0.4) is 0 Å². The van der Waals surface area contributed by atoms with Crippen LogP contribution in [0.2, 0.25) is 0 Å². The van der Waals surface area contributed by atoms with Crippen molar-refractivity contribution < 1.29 is 9.53 Å². The van der Waals surface area contributed by atoms with Gasteiger partial charge in [0.25, 0.3) is 5.91 Å². The van der Waals surface area contributed by atoms with Crippen LogP contribution in [0, 0.1) is 5.41 Å². The first-order chi connectivity index (χ1) is 8.93. The van der Waals surface area contributed by atoms with Crippen molar-refractivity contribution in [1.29, 1.82) is 0 Å². The first-order valence-corrected chi connectivity index (χ1v) is 7.55. The second-order valence-corrected chi connectivity index (χ2v) is 6.90. The Bertz CT molecular complexity index is 320. The maximum Gasteiger partial charge on any atom is 0.251 e. The van der Waals surface area contributed by atoms with E-state index in [0.717, 1.165) is 25.7 Å². The molecule has 2 unspecified atom stereocenters. The van der Waals surface area contributed by atoms with Gasteiger partial charge in [0.2, 0.25) is 0 Å². The molecule has 19 heavy (non-hydrogen) atoms. The fraction of sp³-hybridized carbons (Fsp3) is 0.933. The minimum atomic E-state index is -0.256. The summed E-state index contributed by atoms with van der Waals surface area (Å²) in [6.45, 7) is 5.15. The summed E-state index contributed by atoms with van der Waals surface area (Å²) in [5.74, 6) is 0.153. The molecule has 2 fully saturated rings. The van der Waals surface area contributed by atoms with Crippen LogP contribution in [0.4, 0.5) is 0 Å². The van der Waals surface area contributed by atoms with Gasteiger partial charge in [-0.2, -0.15) is 0 Å². The standard InChI is InChI=1S/C15H28N2O2/c1-15(2)8-6-11(7-9-15)17(3)14(18)13-5-4-12(10-16)19-13/h11-13H,4-10,16H2,1-3H3. The van der Waals surface area contributed by atoms with Crippen molar-refractivity contribution in [2.24, 2.45) is 11.1 Å². The lowest BCUT2D eigenvalue weighted by molar-refractivity contribution is -0.144. The highest BCUT2D eigenvalue weighted by atomic mass is 16.5. The van der Waals surface area contributed by atoms with Crippen molar-refractivity contribution in [2.75, 3.05) is 13.6 Å². The van der Waals surface area contributed by atoms with E-state index >= 15 is 0 Å². The second kappa shape index (κ2) is 5.80. The quantitative estimate of drug-likeness (QED) is 0.851. The highest BCUT2D eigenvalue weighted by Crippen LogP contribution is 2.37. The third-order valence-electron chi connectivity index (χ3n) is 4.85. The summed E-state index contributed by atoms with van der Waals surface area (Å²) in [5, 5.41) is 0. The molecule has 0 aromatic rings. The van der Waals surface area contributed by atoms with Gasteiger partial charge in [0.15, 0.2) is 0 Å².